The number of carbonyl (C=O) groups excluding carboxylic acids is 1. The molecule has 2 aromatic rings. The highest BCUT2D eigenvalue weighted by Crippen LogP contribution is 2.17. The zero-order valence-electron chi connectivity index (χ0n) is 16.0. The van der Waals surface area contributed by atoms with Gasteiger partial charge in [-0.05, 0) is 48.7 Å². The number of nitrogens with zero attached hydrogens (tertiary/aromatic N) is 2. The van der Waals surface area contributed by atoms with Crippen LogP contribution in [0.2, 0.25) is 5.02 Å². The Hall–Kier alpha value is -2.04. The summed E-state index contributed by atoms with van der Waals surface area (Å²) in [5, 5.41) is 3.76. The quantitative estimate of drug-likeness (QED) is 0.792. The Balaban J connectivity index is 1.32. The summed E-state index contributed by atoms with van der Waals surface area (Å²) in [6.07, 6.45) is 1.39. The molecule has 27 heavy (non-hydrogen) atoms. The van der Waals surface area contributed by atoms with E-state index in [2.05, 4.69) is 46.3 Å². The van der Waals surface area contributed by atoms with E-state index in [1.807, 2.05) is 24.3 Å². The molecule has 5 heteroatoms. The molecule has 1 saturated heterocycles. The van der Waals surface area contributed by atoms with Crippen LogP contribution in [-0.4, -0.2) is 50.1 Å². The fourth-order valence-electron chi connectivity index (χ4n) is 3.40. The zero-order chi connectivity index (χ0) is 19.1. The maximum atomic E-state index is 12.1. The van der Waals surface area contributed by atoms with Crippen LogP contribution in [-0.2, 0) is 11.2 Å². The van der Waals surface area contributed by atoms with E-state index in [0.29, 0.717) is 13.0 Å². The first-order valence-corrected chi connectivity index (χ1v) is 10.0. The van der Waals surface area contributed by atoms with Gasteiger partial charge in [0.1, 0.15) is 0 Å². The van der Waals surface area contributed by atoms with Crippen molar-refractivity contribution in [3.63, 3.8) is 0 Å². The number of rotatable bonds is 7. The predicted molar refractivity (Wildman–Crippen MR) is 113 cm³/mol. The Morgan fingerprint density at radius 3 is 2.52 bits per heavy atom. The standard InChI is InChI=1S/C22H28ClN3O/c1-18-3-2-4-21(17-18)26-15-13-25(14-16-26)12-10-22(27)24-11-9-19-5-7-20(23)8-6-19/h2-8,17H,9-16H2,1H3,(H,24,27). The molecule has 0 aliphatic carbocycles. The van der Waals surface area contributed by atoms with Gasteiger partial charge in [0.25, 0.3) is 0 Å². The van der Waals surface area contributed by atoms with E-state index in [1.165, 1.54) is 16.8 Å². The van der Waals surface area contributed by atoms with Gasteiger partial charge in [0, 0.05) is 56.4 Å². The number of halogens is 1. The summed E-state index contributed by atoms with van der Waals surface area (Å²) in [4.78, 5) is 16.9. The van der Waals surface area contributed by atoms with Crippen LogP contribution >= 0.6 is 11.6 Å². The SMILES string of the molecule is Cc1cccc(N2CCN(CCC(=O)NCCc3ccc(Cl)cc3)CC2)c1. The zero-order valence-corrected chi connectivity index (χ0v) is 16.7. The molecule has 0 saturated carbocycles. The van der Waals surface area contributed by atoms with E-state index in [1.54, 1.807) is 0 Å². The molecule has 0 atom stereocenters. The third-order valence-corrected chi connectivity index (χ3v) is 5.30. The van der Waals surface area contributed by atoms with Gasteiger partial charge < -0.3 is 10.2 Å². The van der Waals surface area contributed by atoms with Gasteiger partial charge in [-0.25, -0.2) is 0 Å². The molecular formula is C22H28ClN3O. The van der Waals surface area contributed by atoms with Gasteiger partial charge in [0.2, 0.25) is 5.91 Å². The number of hydrogen-bond donors (Lipinski definition) is 1. The lowest BCUT2D eigenvalue weighted by Crippen LogP contribution is -2.47. The molecule has 0 aromatic heterocycles. The highest BCUT2D eigenvalue weighted by Gasteiger charge is 2.17. The normalized spacial score (nSPS) is 15.0. The van der Waals surface area contributed by atoms with E-state index in [0.717, 1.165) is 44.2 Å². The molecule has 1 amide bonds. The predicted octanol–water partition coefficient (Wildman–Crippen LogP) is 3.52. The minimum absolute atomic E-state index is 0.130. The minimum atomic E-state index is 0.130. The van der Waals surface area contributed by atoms with Gasteiger partial charge in [-0.2, -0.15) is 0 Å². The van der Waals surface area contributed by atoms with E-state index < -0.39 is 0 Å². The van der Waals surface area contributed by atoms with Crippen molar-refractivity contribution in [2.45, 2.75) is 19.8 Å². The minimum Gasteiger partial charge on any atom is -0.369 e. The molecule has 4 nitrogen and oxygen atoms in total. The molecular weight excluding hydrogens is 358 g/mol. The summed E-state index contributed by atoms with van der Waals surface area (Å²) >= 11 is 5.88. The van der Waals surface area contributed by atoms with E-state index in [4.69, 9.17) is 11.6 Å². The van der Waals surface area contributed by atoms with Crippen molar-refractivity contribution in [3.05, 3.63) is 64.7 Å². The van der Waals surface area contributed by atoms with Crippen molar-refractivity contribution >= 4 is 23.2 Å². The Kier molecular flexibility index (Phi) is 7.13. The molecule has 1 aliphatic heterocycles. The molecule has 144 valence electrons. The molecule has 0 bridgehead atoms. The molecule has 0 radical (unpaired) electrons. The molecule has 1 N–H and O–H groups in total. The van der Waals surface area contributed by atoms with Crippen molar-refractivity contribution in [2.24, 2.45) is 0 Å². The summed E-state index contributed by atoms with van der Waals surface area (Å²) in [7, 11) is 0. The lowest BCUT2D eigenvalue weighted by Gasteiger charge is -2.36. The Morgan fingerprint density at radius 2 is 1.81 bits per heavy atom. The third kappa shape index (κ3) is 6.26. The van der Waals surface area contributed by atoms with E-state index in [9.17, 15) is 4.79 Å². The van der Waals surface area contributed by atoms with Crippen LogP contribution in [0, 0.1) is 6.92 Å². The van der Waals surface area contributed by atoms with E-state index in [-0.39, 0.29) is 5.91 Å². The van der Waals surface area contributed by atoms with Crippen LogP contribution < -0.4 is 10.2 Å². The molecule has 1 heterocycles. The van der Waals surface area contributed by atoms with E-state index >= 15 is 0 Å². The summed E-state index contributed by atoms with van der Waals surface area (Å²) in [6, 6.07) is 16.4. The van der Waals surface area contributed by atoms with Crippen molar-refractivity contribution in [1.29, 1.82) is 0 Å². The van der Waals surface area contributed by atoms with Crippen LogP contribution in [0.15, 0.2) is 48.5 Å². The highest BCUT2D eigenvalue weighted by molar-refractivity contribution is 6.30. The molecule has 2 aromatic carbocycles. The molecule has 0 unspecified atom stereocenters. The van der Waals surface area contributed by atoms with Gasteiger partial charge in [-0.3, -0.25) is 9.69 Å². The summed E-state index contributed by atoms with van der Waals surface area (Å²) in [5.41, 5.74) is 3.78. The first-order valence-electron chi connectivity index (χ1n) is 9.65. The van der Waals surface area contributed by atoms with Gasteiger partial charge in [-0.15, -0.1) is 0 Å². The molecule has 0 spiro atoms. The van der Waals surface area contributed by atoms with Crippen molar-refractivity contribution in [2.75, 3.05) is 44.2 Å². The second kappa shape index (κ2) is 9.77. The average Bonchev–Trinajstić information content (AvgIpc) is 2.68. The smallest absolute Gasteiger partial charge is 0.221 e. The maximum absolute atomic E-state index is 12.1. The Labute approximate surface area is 167 Å². The summed E-state index contributed by atoms with van der Waals surface area (Å²) in [6.45, 7) is 7.67. The number of amides is 1. The largest absolute Gasteiger partial charge is 0.369 e. The van der Waals surface area contributed by atoms with Crippen LogP contribution in [0.1, 0.15) is 17.5 Å². The van der Waals surface area contributed by atoms with Gasteiger partial charge in [0.05, 0.1) is 0 Å². The topological polar surface area (TPSA) is 35.6 Å². The van der Waals surface area contributed by atoms with Crippen LogP contribution in [0.3, 0.4) is 0 Å². The van der Waals surface area contributed by atoms with Gasteiger partial charge >= 0.3 is 0 Å². The lowest BCUT2D eigenvalue weighted by molar-refractivity contribution is -0.121. The third-order valence-electron chi connectivity index (χ3n) is 5.04. The first kappa shape index (κ1) is 19.7. The number of piperazine rings is 1. The summed E-state index contributed by atoms with van der Waals surface area (Å²) in [5.74, 6) is 0.130. The van der Waals surface area contributed by atoms with Crippen molar-refractivity contribution in [1.82, 2.24) is 10.2 Å². The number of hydrogen-bond acceptors (Lipinski definition) is 3. The maximum Gasteiger partial charge on any atom is 0.221 e. The van der Waals surface area contributed by atoms with Crippen LogP contribution in [0.4, 0.5) is 5.69 Å². The number of anilines is 1. The highest BCUT2D eigenvalue weighted by atomic mass is 35.5. The Morgan fingerprint density at radius 1 is 1.07 bits per heavy atom. The monoisotopic (exact) mass is 385 g/mol. The van der Waals surface area contributed by atoms with Crippen molar-refractivity contribution in [3.8, 4) is 0 Å². The number of carbonyl (C=O) groups is 1. The number of nitrogens with one attached hydrogen (secondary N) is 1. The molecule has 1 fully saturated rings. The second-order valence-corrected chi connectivity index (χ2v) is 7.58. The first-order chi connectivity index (χ1) is 13.1. The molecule has 1 aliphatic rings. The van der Waals surface area contributed by atoms with Gasteiger partial charge in [0.15, 0.2) is 0 Å². The van der Waals surface area contributed by atoms with Gasteiger partial charge in [-0.1, -0.05) is 35.9 Å². The van der Waals surface area contributed by atoms with Crippen LogP contribution in [0.5, 0.6) is 0 Å². The van der Waals surface area contributed by atoms with Crippen LogP contribution in [0.25, 0.3) is 0 Å². The fourth-order valence-corrected chi connectivity index (χ4v) is 3.53. The lowest BCUT2D eigenvalue weighted by atomic mass is 10.1. The summed E-state index contributed by atoms with van der Waals surface area (Å²) < 4.78 is 0. The fraction of sp³-hybridized carbons (Fsp3) is 0.409. The van der Waals surface area contributed by atoms with Crippen molar-refractivity contribution < 1.29 is 4.79 Å². The average molecular weight is 386 g/mol. The number of aryl methyl sites for hydroxylation is 1. The Bertz CT molecular complexity index is 739. The molecule has 3 rings (SSSR count). The number of benzene rings is 2. The second-order valence-electron chi connectivity index (χ2n) is 7.14.